The molecule has 0 aliphatic heterocycles. The van der Waals surface area contributed by atoms with E-state index in [4.69, 9.17) is 4.74 Å². The summed E-state index contributed by atoms with van der Waals surface area (Å²) in [7, 11) is 1.51. The van der Waals surface area contributed by atoms with Crippen molar-refractivity contribution in [2.45, 2.75) is 6.42 Å². The number of ketones is 1. The van der Waals surface area contributed by atoms with Crippen molar-refractivity contribution < 1.29 is 9.53 Å². The van der Waals surface area contributed by atoms with E-state index in [0.29, 0.717) is 17.9 Å². The summed E-state index contributed by atoms with van der Waals surface area (Å²) in [5.41, 5.74) is 0.523. The summed E-state index contributed by atoms with van der Waals surface area (Å²) in [6.07, 6.45) is 1.97. The van der Waals surface area contributed by atoms with Gasteiger partial charge < -0.3 is 4.74 Å². The minimum absolute atomic E-state index is 0.0121. The lowest BCUT2D eigenvalue weighted by molar-refractivity contribution is 0.0990. The highest BCUT2D eigenvalue weighted by Gasteiger charge is 2.15. The van der Waals surface area contributed by atoms with Gasteiger partial charge in [-0.3, -0.25) is 4.79 Å². The van der Waals surface area contributed by atoms with E-state index in [1.165, 1.54) is 7.11 Å². The third-order valence-corrected chi connectivity index (χ3v) is 4.20. The van der Waals surface area contributed by atoms with E-state index in [2.05, 4.69) is 20.9 Å². The van der Waals surface area contributed by atoms with Crippen LogP contribution in [0.5, 0.6) is 5.88 Å². The Hall–Kier alpha value is -1.20. The number of ether oxygens (including phenoxy) is 1. The Morgan fingerprint density at radius 3 is 3.00 bits per heavy atom. The van der Waals surface area contributed by atoms with Crippen LogP contribution in [0.4, 0.5) is 0 Å². The number of halogens is 1. The number of methoxy groups -OCH3 is 1. The number of carbonyl (C=O) groups excluding carboxylic acids is 1. The zero-order valence-electron chi connectivity index (χ0n) is 9.14. The first kappa shape index (κ1) is 12.3. The molecule has 0 unspecified atom stereocenters. The summed E-state index contributed by atoms with van der Waals surface area (Å²) >= 11 is 4.97. The standard InChI is InChI=1S/C12H10BrNO2S/c1-16-12-8(3-2-5-14-12)10(15)7-11-9(13)4-6-17-11/h2-6H,7H2,1H3. The van der Waals surface area contributed by atoms with Gasteiger partial charge in [-0.2, -0.15) is 0 Å². The zero-order chi connectivity index (χ0) is 12.3. The molecule has 0 saturated carbocycles. The summed E-state index contributed by atoms with van der Waals surface area (Å²) in [6.45, 7) is 0. The van der Waals surface area contributed by atoms with Crippen LogP contribution >= 0.6 is 27.3 Å². The molecule has 0 fully saturated rings. The van der Waals surface area contributed by atoms with Crippen molar-refractivity contribution in [2.75, 3.05) is 7.11 Å². The Morgan fingerprint density at radius 1 is 1.53 bits per heavy atom. The highest BCUT2D eigenvalue weighted by atomic mass is 79.9. The molecule has 3 nitrogen and oxygen atoms in total. The monoisotopic (exact) mass is 311 g/mol. The van der Waals surface area contributed by atoms with E-state index in [9.17, 15) is 4.79 Å². The second kappa shape index (κ2) is 5.42. The van der Waals surface area contributed by atoms with Crippen LogP contribution < -0.4 is 4.74 Å². The van der Waals surface area contributed by atoms with Crippen molar-refractivity contribution in [3.05, 3.63) is 44.7 Å². The fourth-order valence-corrected chi connectivity index (χ4v) is 2.95. The number of hydrogen-bond donors (Lipinski definition) is 0. The molecule has 0 saturated heterocycles. The fraction of sp³-hybridized carbons (Fsp3) is 0.167. The summed E-state index contributed by atoms with van der Waals surface area (Å²) in [6, 6.07) is 5.41. The van der Waals surface area contributed by atoms with Gasteiger partial charge in [-0.25, -0.2) is 4.98 Å². The predicted octanol–water partition coefficient (Wildman–Crippen LogP) is 3.34. The van der Waals surface area contributed by atoms with Crippen molar-refractivity contribution in [2.24, 2.45) is 0 Å². The second-order valence-corrected chi connectivity index (χ2v) is 5.21. The SMILES string of the molecule is COc1ncccc1C(=O)Cc1sccc1Br. The maximum absolute atomic E-state index is 12.1. The van der Waals surface area contributed by atoms with Gasteiger partial charge in [-0.1, -0.05) is 0 Å². The minimum Gasteiger partial charge on any atom is -0.480 e. The second-order valence-electron chi connectivity index (χ2n) is 3.35. The molecule has 0 bridgehead atoms. The van der Waals surface area contributed by atoms with E-state index < -0.39 is 0 Å². The van der Waals surface area contributed by atoms with Crippen LogP contribution in [0.15, 0.2) is 34.2 Å². The highest BCUT2D eigenvalue weighted by Crippen LogP contribution is 2.25. The quantitative estimate of drug-likeness (QED) is 0.813. The molecular formula is C12H10BrNO2S. The molecule has 2 aromatic heterocycles. The number of aromatic nitrogens is 1. The van der Waals surface area contributed by atoms with Crippen LogP contribution in [0.1, 0.15) is 15.2 Å². The van der Waals surface area contributed by atoms with Gasteiger partial charge >= 0.3 is 0 Å². The van der Waals surface area contributed by atoms with Gasteiger partial charge in [0, 0.05) is 22.0 Å². The summed E-state index contributed by atoms with van der Waals surface area (Å²) in [4.78, 5) is 17.1. The lowest BCUT2D eigenvalue weighted by Crippen LogP contribution is -2.06. The average Bonchev–Trinajstić information content (AvgIpc) is 2.75. The number of hydrogen-bond acceptors (Lipinski definition) is 4. The van der Waals surface area contributed by atoms with Gasteiger partial charge in [0.15, 0.2) is 5.78 Å². The summed E-state index contributed by atoms with van der Waals surface area (Å²) in [5, 5.41) is 1.95. The fourth-order valence-electron chi connectivity index (χ4n) is 1.46. The van der Waals surface area contributed by atoms with Gasteiger partial charge in [-0.15, -0.1) is 11.3 Å². The first-order valence-corrected chi connectivity index (χ1v) is 6.63. The first-order valence-electron chi connectivity index (χ1n) is 4.96. The molecule has 2 heterocycles. The van der Waals surface area contributed by atoms with E-state index in [0.717, 1.165) is 9.35 Å². The lowest BCUT2D eigenvalue weighted by atomic mass is 10.1. The Morgan fingerprint density at radius 2 is 2.35 bits per heavy atom. The molecule has 0 aromatic carbocycles. The van der Waals surface area contributed by atoms with Crippen molar-refractivity contribution in [3.63, 3.8) is 0 Å². The molecule has 0 amide bonds. The minimum atomic E-state index is 0.0121. The molecule has 0 N–H and O–H groups in total. The van der Waals surface area contributed by atoms with Crippen LogP contribution in [-0.4, -0.2) is 17.9 Å². The van der Waals surface area contributed by atoms with E-state index in [-0.39, 0.29) is 5.78 Å². The van der Waals surface area contributed by atoms with E-state index >= 15 is 0 Å². The smallest absolute Gasteiger partial charge is 0.224 e. The number of rotatable bonds is 4. The zero-order valence-corrected chi connectivity index (χ0v) is 11.5. The van der Waals surface area contributed by atoms with Gasteiger partial charge in [-0.05, 0) is 39.5 Å². The molecule has 2 rings (SSSR count). The molecular weight excluding hydrogens is 302 g/mol. The van der Waals surface area contributed by atoms with Crippen molar-refractivity contribution in [1.29, 1.82) is 0 Å². The third-order valence-electron chi connectivity index (χ3n) is 2.28. The molecule has 0 radical (unpaired) electrons. The number of thiophene rings is 1. The Labute approximate surface area is 112 Å². The molecule has 0 atom stereocenters. The van der Waals surface area contributed by atoms with E-state index in [1.54, 1.807) is 29.7 Å². The molecule has 0 spiro atoms. The Balaban J connectivity index is 2.23. The number of pyridine rings is 1. The van der Waals surface area contributed by atoms with Crippen molar-refractivity contribution >= 4 is 33.0 Å². The topological polar surface area (TPSA) is 39.2 Å². The molecule has 5 heteroatoms. The maximum Gasteiger partial charge on any atom is 0.224 e. The van der Waals surface area contributed by atoms with Gasteiger partial charge in [0.25, 0.3) is 0 Å². The van der Waals surface area contributed by atoms with Gasteiger partial charge in [0.1, 0.15) is 0 Å². The number of carbonyl (C=O) groups is 1. The average molecular weight is 312 g/mol. The van der Waals surface area contributed by atoms with Crippen LogP contribution in [-0.2, 0) is 6.42 Å². The lowest BCUT2D eigenvalue weighted by Gasteiger charge is -2.05. The van der Waals surface area contributed by atoms with Crippen molar-refractivity contribution in [1.82, 2.24) is 4.98 Å². The van der Waals surface area contributed by atoms with Gasteiger partial charge in [0.05, 0.1) is 12.7 Å². The maximum atomic E-state index is 12.1. The molecule has 0 aliphatic rings. The number of Topliss-reactive ketones (excluding diaryl/α,β-unsaturated/α-hetero) is 1. The molecule has 17 heavy (non-hydrogen) atoms. The van der Waals surface area contributed by atoms with Crippen LogP contribution in [0.25, 0.3) is 0 Å². The Bertz CT molecular complexity index is 539. The van der Waals surface area contributed by atoms with Crippen LogP contribution in [0, 0.1) is 0 Å². The van der Waals surface area contributed by atoms with Gasteiger partial charge in [0.2, 0.25) is 5.88 Å². The molecule has 2 aromatic rings. The van der Waals surface area contributed by atoms with Crippen LogP contribution in [0.2, 0.25) is 0 Å². The Kier molecular flexibility index (Phi) is 3.91. The molecule has 88 valence electrons. The normalized spacial score (nSPS) is 10.2. The predicted molar refractivity (Wildman–Crippen MR) is 70.8 cm³/mol. The number of nitrogens with zero attached hydrogens (tertiary/aromatic N) is 1. The van der Waals surface area contributed by atoms with Crippen molar-refractivity contribution in [3.8, 4) is 5.88 Å². The van der Waals surface area contributed by atoms with Crippen LogP contribution in [0.3, 0.4) is 0 Å². The molecule has 0 aliphatic carbocycles. The highest BCUT2D eigenvalue weighted by molar-refractivity contribution is 9.10. The first-order chi connectivity index (χ1) is 8.22. The summed E-state index contributed by atoms with van der Waals surface area (Å²) in [5.74, 6) is 0.392. The third kappa shape index (κ3) is 2.73. The largest absolute Gasteiger partial charge is 0.480 e. The summed E-state index contributed by atoms with van der Waals surface area (Å²) < 4.78 is 6.05. The van der Waals surface area contributed by atoms with E-state index in [1.807, 2.05) is 11.4 Å².